The average Bonchev–Trinajstić information content (AvgIpc) is 3.50. The second-order valence-electron chi connectivity index (χ2n) is 7.63. The molecule has 5 rings (SSSR count). The molecule has 4 aromatic rings. The van der Waals surface area contributed by atoms with E-state index in [0.717, 1.165) is 37.2 Å². The number of para-hydroxylation sites is 1. The Hall–Kier alpha value is -3.10. The summed E-state index contributed by atoms with van der Waals surface area (Å²) in [6.45, 7) is 2.30. The first-order valence-corrected chi connectivity index (χ1v) is 11.7. The van der Waals surface area contributed by atoms with Gasteiger partial charge in [0, 0.05) is 18.7 Å². The van der Waals surface area contributed by atoms with E-state index in [1.807, 2.05) is 41.8 Å². The van der Waals surface area contributed by atoms with Crippen molar-refractivity contribution in [3.8, 4) is 5.75 Å². The fraction of sp³-hybridized carbons (Fsp3) is 0.261. The van der Waals surface area contributed by atoms with Crippen LogP contribution in [0.3, 0.4) is 0 Å². The van der Waals surface area contributed by atoms with Crippen LogP contribution >= 0.6 is 22.9 Å². The Balaban J connectivity index is 1.29. The number of ether oxygens (including phenoxy) is 1. The van der Waals surface area contributed by atoms with Gasteiger partial charge in [0.1, 0.15) is 12.4 Å². The number of halogens is 1. The van der Waals surface area contributed by atoms with Crippen molar-refractivity contribution in [2.75, 3.05) is 23.3 Å². The number of hydrogen-bond acceptors (Lipinski definition) is 7. The maximum atomic E-state index is 12.9. The molecule has 1 fully saturated rings. The predicted molar refractivity (Wildman–Crippen MR) is 126 cm³/mol. The van der Waals surface area contributed by atoms with Crippen LogP contribution in [0.2, 0.25) is 5.02 Å². The first-order valence-electron chi connectivity index (χ1n) is 10.5. The molecule has 1 amide bonds. The molecule has 0 unspecified atom stereocenters. The molecule has 2 aromatic carbocycles. The van der Waals surface area contributed by atoms with Crippen LogP contribution in [-0.4, -0.2) is 29.3 Å². The summed E-state index contributed by atoms with van der Waals surface area (Å²) in [6.07, 6.45) is 3.56. The Kier molecular flexibility index (Phi) is 5.96. The van der Waals surface area contributed by atoms with E-state index >= 15 is 0 Å². The Morgan fingerprint density at radius 2 is 1.94 bits per heavy atom. The fourth-order valence-electron chi connectivity index (χ4n) is 3.82. The number of nitrogens with zero attached hydrogens (tertiary/aromatic N) is 3. The third-order valence-electron chi connectivity index (χ3n) is 5.45. The zero-order valence-corrected chi connectivity index (χ0v) is 18.8. The van der Waals surface area contributed by atoms with Crippen LogP contribution in [-0.2, 0) is 6.61 Å². The minimum atomic E-state index is -0.214. The summed E-state index contributed by atoms with van der Waals surface area (Å²) in [6, 6.07) is 13.0. The van der Waals surface area contributed by atoms with Crippen molar-refractivity contribution in [1.82, 2.24) is 10.3 Å². The predicted octanol–water partition coefficient (Wildman–Crippen LogP) is 5.76. The lowest BCUT2D eigenvalue weighted by atomic mass is 10.1. The molecular weight excluding hydrogens is 448 g/mol. The van der Waals surface area contributed by atoms with E-state index in [1.165, 1.54) is 17.8 Å². The number of amides is 1. The molecule has 0 spiro atoms. The topological polar surface area (TPSA) is 80.5 Å². The number of hydrogen-bond donors (Lipinski definition) is 1. The molecule has 0 bridgehead atoms. The third-order valence-corrected chi connectivity index (χ3v) is 6.74. The van der Waals surface area contributed by atoms with Crippen LogP contribution in [0.25, 0.3) is 11.0 Å². The fourth-order valence-corrected chi connectivity index (χ4v) is 4.80. The smallest absolute Gasteiger partial charge is 0.265 e. The summed E-state index contributed by atoms with van der Waals surface area (Å²) in [5.41, 5.74) is 3.70. The van der Waals surface area contributed by atoms with Gasteiger partial charge in [-0.1, -0.05) is 23.7 Å². The lowest BCUT2D eigenvalue weighted by Crippen LogP contribution is -2.29. The summed E-state index contributed by atoms with van der Waals surface area (Å²) >= 11 is 7.48. The number of rotatable bonds is 6. The number of anilines is 2. The molecule has 0 atom stereocenters. The van der Waals surface area contributed by atoms with Gasteiger partial charge in [0.15, 0.2) is 11.0 Å². The van der Waals surface area contributed by atoms with Gasteiger partial charge < -0.3 is 15.0 Å². The van der Waals surface area contributed by atoms with Crippen LogP contribution in [0.5, 0.6) is 5.75 Å². The first-order chi connectivity index (χ1) is 15.7. The Morgan fingerprint density at radius 3 is 2.78 bits per heavy atom. The maximum Gasteiger partial charge on any atom is 0.265 e. The normalized spacial score (nSPS) is 14.0. The van der Waals surface area contributed by atoms with Gasteiger partial charge in [0.25, 0.3) is 5.91 Å². The Bertz CT molecular complexity index is 1250. The summed E-state index contributed by atoms with van der Waals surface area (Å²) in [5, 5.41) is 13.5. The van der Waals surface area contributed by atoms with Gasteiger partial charge >= 0.3 is 0 Å². The highest BCUT2D eigenvalue weighted by atomic mass is 35.5. The Labute approximate surface area is 193 Å². The van der Waals surface area contributed by atoms with Crippen molar-refractivity contribution in [3.63, 3.8) is 0 Å². The summed E-state index contributed by atoms with van der Waals surface area (Å²) < 4.78 is 10.8. The molecule has 0 saturated carbocycles. The van der Waals surface area contributed by atoms with Gasteiger partial charge in [-0.25, -0.2) is 4.63 Å². The van der Waals surface area contributed by atoms with Gasteiger partial charge in [0.2, 0.25) is 0 Å². The monoisotopic (exact) mass is 468 g/mol. The first kappa shape index (κ1) is 20.8. The van der Waals surface area contributed by atoms with Gasteiger partial charge in [0.05, 0.1) is 21.3 Å². The number of fused-ring (bicyclic) bond motifs is 1. The molecule has 164 valence electrons. The minimum Gasteiger partial charge on any atom is -0.487 e. The second kappa shape index (κ2) is 9.18. The second-order valence-corrected chi connectivity index (χ2v) is 8.95. The van der Waals surface area contributed by atoms with Crippen molar-refractivity contribution >= 4 is 51.3 Å². The molecule has 0 radical (unpaired) electrons. The van der Waals surface area contributed by atoms with E-state index in [9.17, 15) is 4.79 Å². The van der Waals surface area contributed by atoms with Crippen molar-refractivity contribution in [3.05, 3.63) is 63.3 Å². The minimum absolute atomic E-state index is 0.214. The van der Waals surface area contributed by atoms with E-state index in [4.69, 9.17) is 21.0 Å². The average molecular weight is 469 g/mol. The lowest BCUT2D eigenvalue weighted by Gasteiger charge is -2.28. The molecule has 2 aromatic heterocycles. The van der Waals surface area contributed by atoms with E-state index in [-0.39, 0.29) is 5.91 Å². The van der Waals surface area contributed by atoms with Gasteiger partial charge in [-0.3, -0.25) is 4.79 Å². The highest BCUT2D eigenvalue weighted by Gasteiger charge is 2.20. The quantitative estimate of drug-likeness (QED) is 0.387. The number of aromatic nitrogens is 2. The standard InChI is InChI=1S/C23H21ClN4O3S/c24-16-6-2-3-7-19(16)30-13-15-12-20(32-14-15)23(29)25-17-8-9-18(22-21(17)26-31-27-22)28-10-4-1-5-11-28/h2-3,6-9,12,14H,1,4-5,10-11,13H2,(H,25,29). The summed E-state index contributed by atoms with van der Waals surface area (Å²) in [7, 11) is 0. The highest BCUT2D eigenvalue weighted by Crippen LogP contribution is 2.32. The van der Waals surface area contributed by atoms with Gasteiger partial charge in [-0.15, -0.1) is 11.3 Å². The van der Waals surface area contributed by atoms with Gasteiger partial charge in [-0.05, 0) is 65.3 Å². The maximum absolute atomic E-state index is 12.9. The molecule has 0 aliphatic carbocycles. The van der Waals surface area contributed by atoms with Crippen LogP contribution in [0.4, 0.5) is 11.4 Å². The third kappa shape index (κ3) is 4.28. The molecule has 1 N–H and O–H groups in total. The zero-order chi connectivity index (χ0) is 21.9. The van der Waals surface area contributed by atoms with Crippen LogP contribution < -0.4 is 15.0 Å². The SMILES string of the molecule is O=C(Nc1ccc(N2CCCCC2)c2nonc12)c1cc(COc2ccccc2Cl)cs1. The van der Waals surface area contributed by atoms with Crippen molar-refractivity contribution in [2.45, 2.75) is 25.9 Å². The summed E-state index contributed by atoms with van der Waals surface area (Å²) in [5.74, 6) is 0.398. The van der Waals surface area contributed by atoms with Crippen molar-refractivity contribution < 1.29 is 14.2 Å². The van der Waals surface area contributed by atoms with Gasteiger partial charge in [-0.2, -0.15) is 0 Å². The number of carbonyl (C=O) groups excluding carboxylic acids is 1. The molecule has 1 saturated heterocycles. The van der Waals surface area contributed by atoms with Crippen molar-refractivity contribution in [2.24, 2.45) is 0 Å². The number of carbonyl (C=O) groups is 1. The Morgan fingerprint density at radius 1 is 1.12 bits per heavy atom. The van der Waals surface area contributed by atoms with E-state index in [2.05, 4.69) is 20.5 Å². The van der Waals surface area contributed by atoms with Crippen LogP contribution in [0, 0.1) is 0 Å². The molecule has 7 nitrogen and oxygen atoms in total. The zero-order valence-electron chi connectivity index (χ0n) is 17.2. The number of benzene rings is 2. The van der Waals surface area contributed by atoms with Crippen LogP contribution in [0.15, 0.2) is 52.5 Å². The molecule has 9 heteroatoms. The number of piperidine rings is 1. The number of thiophene rings is 1. The van der Waals surface area contributed by atoms with E-state index in [0.29, 0.717) is 39.0 Å². The summed E-state index contributed by atoms with van der Waals surface area (Å²) in [4.78, 5) is 15.7. The molecule has 3 heterocycles. The van der Waals surface area contributed by atoms with E-state index < -0.39 is 0 Å². The largest absolute Gasteiger partial charge is 0.487 e. The molecule has 1 aliphatic heterocycles. The number of nitrogens with one attached hydrogen (secondary N) is 1. The lowest BCUT2D eigenvalue weighted by molar-refractivity contribution is 0.103. The molecule has 1 aliphatic rings. The molecular formula is C23H21ClN4O3S. The van der Waals surface area contributed by atoms with Crippen LogP contribution in [0.1, 0.15) is 34.5 Å². The van der Waals surface area contributed by atoms with Crippen molar-refractivity contribution in [1.29, 1.82) is 0 Å². The molecule has 32 heavy (non-hydrogen) atoms. The highest BCUT2D eigenvalue weighted by molar-refractivity contribution is 7.12. The van der Waals surface area contributed by atoms with E-state index in [1.54, 1.807) is 6.07 Å².